The van der Waals surface area contributed by atoms with Crippen LogP contribution in [0.1, 0.15) is 34.2 Å². The van der Waals surface area contributed by atoms with Crippen LogP contribution >= 0.6 is 0 Å². The number of hydrogen-bond acceptors (Lipinski definition) is 5. The maximum atomic E-state index is 11.1. The minimum atomic E-state index is -0.439. The third-order valence-electron chi connectivity index (χ3n) is 3.70. The van der Waals surface area contributed by atoms with Crippen molar-refractivity contribution in [2.45, 2.75) is 25.9 Å². The van der Waals surface area contributed by atoms with Crippen LogP contribution in [-0.4, -0.2) is 43.6 Å². The van der Waals surface area contributed by atoms with Crippen LogP contribution in [0.3, 0.4) is 0 Å². The summed E-state index contributed by atoms with van der Waals surface area (Å²) in [6.07, 6.45) is 7.81. The van der Waals surface area contributed by atoms with Gasteiger partial charge >= 0.3 is 0 Å². The molecule has 1 amide bonds. The topological polar surface area (TPSA) is 89.9 Å². The van der Waals surface area contributed by atoms with E-state index in [4.69, 9.17) is 5.73 Å². The third-order valence-corrected chi connectivity index (χ3v) is 3.70. The summed E-state index contributed by atoms with van der Waals surface area (Å²) in [6, 6.07) is 0.274. The lowest BCUT2D eigenvalue weighted by atomic mass is 10.2. The molecule has 0 bridgehead atoms. The maximum absolute atomic E-state index is 11.1. The van der Waals surface area contributed by atoms with Crippen LogP contribution in [0.5, 0.6) is 0 Å². The molecular weight excluding hydrogens is 268 g/mol. The predicted molar refractivity (Wildman–Crippen MR) is 76.4 cm³/mol. The summed E-state index contributed by atoms with van der Waals surface area (Å²) in [5.41, 5.74) is 7.62. The molecule has 2 N–H and O–H groups in total. The van der Waals surface area contributed by atoms with E-state index < -0.39 is 5.91 Å². The quantitative estimate of drug-likeness (QED) is 0.885. The Morgan fingerprint density at radius 3 is 3.00 bits per heavy atom. The highest BCUT2D eigenvalue weighted by molar-refractivity contribution is 5.92. The normalized spacial score (nSPS) is 19.0. The molecule has 7 nitrogen and oxygen atoms in total. The summed E-state index contributed by atoms with van der Waals surface area (Å²) >= 11 is 0. The second kappa shape index (κ2) is 5.61. The van der Waals surface area contributed by atoms with Crippen molar-refractivity contribution in [3.8, 4) is 0 Å². The largest absolute Gasteiger partial charge is 0.366 e. The van der Waals surface area contributed by atoms with Gasteiger partial charge in [-0.2, -0.15) is 5.10 Å². The predicted octanol–water partition coefficient (Wildman–Crippen LogP) is 0.527. The number of aromatic nitrogens is 4. The number of carbonyl (C=O) groups is 1. The van der Waals surface area contributed by atoms with Crippen LogP contribution in [0.25, 0.3) is 0 Å². The first-order valence-electron chi connectivity index (χ1n) is 6.95. The second-order valence-electron chi connectivity index (χ2n) is 5.40. The molecule has 110 valence electrons. The van der Waals surface area contributed by atoms with Crippen LogP contribution in [-0.2, 0) is 6.54 Å². The Hall–Kier alpha value is -2.28. The van der Waals surface area contributed by atoms with Gasteiger partial charge in [0, 0.05) is 38.2 Å². The summed E-state index contributed by atoms with van der Waals surface area (Å²) in [7, 11) is 0. The molecule has 7 heteroatoms. The molecule has 1 unspecified atom stereocenters. The highest BCUT2D eigenvalue weighted by Crippen LogP contribution is 2.22. The summed E-state index contributed by atoms with van der Waals surface area (Å²) in [4.78, 5) is 22.1. The number of aryl methyl sites for hydroxylation is 1. The highest BCUT2D eigenvalue weighted by atomic mass is 16.1. The molecule has 1 atom stereocenters. The molecule has 3 rings (SSSR count). The van der Waals surface area contributed by atoms with Crippen molar-refractivity contribution in [3.63, 3.8) is 0 Å². The van der Waals surface area contributed by atoms with E-state index in [0.29, 0.717) is 5.56 Å². The molecule has 21 heavy (non-hydrogen) atoms. The summed E-state index contributed by atoms with van der Waals surface area (Å²) in [5.74, 6) is -0.439. The van der Waals surface area contributed by atoms with Gasteiger partial charge < -0.3 is 5.73 Å². The van der Waals surface area contributed by atoms with Crippen LogP contribution in [0.15, 0.2) is 24.8 Å². The van der Waals surface area contributed by atoms with Gasteiger partial charge in [0.2, 0.25) is 0 Å². The zero-order chi connectivity index (χ0) is 14.8. The molecule has 3 heterocycles. The number of likely N-dealkylation sites (tertiary alicyclic amines) is 1. The Kier molecular flexibility index (Phi) is 3.66. The minimum Gasteiger partial charge on any atom is -0.366 e. The molecule has 0 spiro atoms. The molecule has 1 aliphatic heterocycles. The van der Waals surface area contributed by atoms with Gasteiger partial charge in [0.25, 0.3) is 5.91 Å². The van der Waals surface area contributed by atoms with E-state index in [1.54, 1.807) is 18.6 Å². The fraction of sp³-hybridized carbons (Fsp3) is 0.429. The average molecular weight is 286 g/mol. The van der Waals surface area contributed by atoms with Gasteiger partial charge in [-0.05, 0) is 13.3 Å². The number of primary amides is 1. The van der Waals surface area contributed by atoms with Crippen molar-refractivity contribution >= 4 is 5.91 Å². The van der Waals surface area contributed by atoms with Gasteiger partial charge in [0.1, 0.15) is 0 Å². The molecule has 2 aromatic rings. The molecule has 0 aliphatic carbocycles. The maximum Gasteiger partial charge on any atom is 0.251 e. The number of carbonyl (C=O) groups excluding carboxylic acids is 1. The highest BCUT2D eigenvalue weighted by Gasteiger charge is 2.25. The van der Waals surface area contributed by atoms with Crippen molar-refractivity contribution < 1.29 is 4.79 Å². The van der Waals surface area contributed by atoms with E-state index in [-0.39, 0.29) is 6.04 Å². The lowest BCUT2D eigenvalue weighted by molar-refractivity contribution is 0.1000. The van der Waals surface area contributed by atoms with E-state index in [9.17, 15) is 4.79 Å². The molecule has 1 fully saturated rings. The van der Waals surface area contributed by atoms with E-state index in [2.05, 4.69) is 20.0 Å². The van der Waals surface area contributed by atoms with Crippen molar-refractivity contribution in [1.82, 2.24) is 24.6 Å². The van der Waals surface area contributed by atoms with Gasteiger partial charge in [-0.3, -0.25) is 24.3 Å². The standard InChI is InChI=1S/C14H18N6O/c1-10-4-16-6-12(18-10)8-19-3-2-13(9-19)20-7-11(5-17-20)14(15)21/h4-7,13H,2-3,8-9H2,1H3,(H2,15,21). The van der Waals surface area contributed by atoms with Gasteiger partial charge in [0.15, 0.2) is 0 Å². The van der Waals surface area contributed by atoms with Crippen LogP contribution < -0.4 is 5.73 Å². The first-order valence-corrected chi connectivity index (χ1v) is 6.95. The number of nitrogens with zero attached hydrogens (tertiary/aromatic N) is 5. The summed E-state index contributed by atoms with van der Waals surface area (Å²) in [5, 5.41) is 4.24. The third kappa shape index (κ3) is 3.08. The number of rotatable bonds is 4. The fourth-order valence-corrected chi connectivity index (χ4v) is 2.66. The summed E-state index contributed by atoms with van der Waals surface area (Å²) < 4.78 is 1.84. The Labute approximate surface area is 122 Å². The van der Waals surface area contributed by atoms with E-state index in [0.717, 1.165) is 37.4 Å². The van der Waals surface area contributed by atoms with Gasteiger partial charge in [0.05, 0.1) is 29.2 Å². The van der Waals surface area contributed by atoms with E-state index in [1.165, 1.54) is 6.20 Å². The minimum absolute atomic E-state index is 0.274. The number of amides is 1. The van der Waals surface area contributed by atoms with Crippen molar-refractivity contribution in [1.29, 1.82) is 0 Å². The first kappa shape index (κ1) is 13.7. The van der Waals surface area contributed by atoms with Crippen molar-refractivity contribution in [3.05, 3.63) is 41.7 Å². The lowest BCUT2D eigenvalue weighted by Gasteiger charge is -2.15. The molecule has 0 radical (unpaired) electrons. The molecule has 2 aromatic heterocycles. The lowest BCUT2D eigenvalue weighted by Crippen LogP contribution is -2.22. The Bertz CT molecular complexity index is 652. The molecule has 1 aliphatic rings. The van der Waals surface area contributed by atoms with Gasteiger partial charge in [-0.1, -0.05) is 0 Å². The Morgan fingerprint density at radius 2 is 2.29 bits per heavy atom. The zero-order valence-electron chi connectivity index (χ0n) is 11.9. The molecular formula is C14H18N6O. The van der Waals surface area contributed by atoms with Crippen LogP contribution in [0.4, 0.5) is 0 Å². The molecule has 1 saturated heterocycles. The SMILES string of the molecule is Cc1cncc(CN2CCC(n3cc(C(N)=O)cn3)C2)n1. The van der Waals surface area contributed by atoms with E-state index in [1.807, 2.05) is 11.6 Å². The second-order valence-corrected chi connectivity index (χ2v) is 5.40. The fourth-order valence-electron chi connectivity index (χ4n) is 2.66. The van der Waals surface area contributed by atoms with Gasteiger partial charge in [-0.15, -0.1) is 0 Å². The van der Waals surface area contributed by atoms with Gasteiger partial charge in [-0.25, -0.2) is 0 Å². The van der Waals surface area contributed by atoms with Crippen LogP contribution in [0, 0.1) is 6.92 Å². The Morgan fingerprint density at radius 1 is 1.43 bits per heavy atom. The Balaban J connectivity index is 1.63. The van der Waals surface area contributed by atoms with Crippen molar-refractivity contribution in [2.75, 3.05) is 13.1 Å². The monoisotopic (exact) mass is 286 g/mol. The first-order chi connectivity index (χ1) is 10.1. The van der Waals surface area contributed by atoms with Crippen LogP contribution in [0.2, 0.25) is 0 Å². The smallest absolute Gasteiger partial charge is 0.251 e. The number of hydrogen-bond donors (Lipinski definition) is 1. The molecule has 0 saturated carbocycles. The molecule has 0 aromatic carbocycles. The van der Waals surface area contributed by atoms with Crippen molar-refractivity contribution in [2.24, 2.45) is 5.73 Å². The summed E-state index contributed by atoms with van der Waals surface area (Å²) in [6.45, 7) is 4.59. The number of nitrogens with two attached hydrogens (primary N) is 1. The average Bonchev–Trinajstić information content (AvgIpc) is 3.06. The van der Waals surface area contributed by atoms with E-state index >= 15 is 0 Å². The zero-order valence-corrected chi connectivity index (χ0v) is 11.9.